The summed E-state index contributed by atoms with van der Waals surface area (Å²) in [6.45, 7) is 6.59. The van der Waals surface area contributed by atoms with Gasteiger partial charge in [-0.2, -0.15) is 0 Å². The molecule has 0 aliphatic heterocycles. The number of carboxylic acids is 1. The highest BCUT2D eigenvalue weighted by Gasteiger charge is 2.32. The van der Waals surface area contributed by atoms with E-state index in [0.717, 1.165) is 0 Å². The predicted molar refractivity (Wildman–Crippen MR) is 113 cm³/mol. The van der Waals surface area contributed by atoms with Gasteiger partial charge in [-0.25, -0.2) is 4.79 Å². The van der Waals surface area contributed by atoms with E-state index in [2.05, 4.69) is 16.0 Å². The first kappa shape index (κ1) is 28.8. The third-order valence-corrected chi connectivity index (χ3v) is 4.60. The molecule has 32 heavy (non-hydrogen) atoms. The van der Waals surface area contributed by atoms with Gasteiger partial charge in [-0.15, -0.1) is 0 Å². The van der Waals surface area contributed by atoms with E-state index < -0.39 is 72.0 Å². The molecule has 0 spiro atoms. The fraction of sp³-hybridized carbons (Fsp3) is 0.684. The van der Waals surface area contributed by atoms with E-state index in [9.17, 15) is 33.9 Å². The Bertz CT molecular complexity index is 725. The summed E-state index contributed by atoms with van der Waals surface area (Å²) in [6, 6.07) is -4.93. The quantitative estimate of drug-likeness (QED) is 0.144. The molecule has 13 heteroatoms. The van der Waals surface area contributed by atoms with Crippen LogP contribution in [0.5, 0.6) is 0 Å². The van der Waals surface area contributed by atoms with Gasteiger partial charge in [0.05, 0.1) is 12.5 Å². The molecule has 0 aromatic rings. The Morgan fingerprint density at radius 1 is 0.750 bits per heavy atom. The molecule has 0 aliphatic rings. The largest absolute Gasteiger partial charge is 0.480 e. The van der Waals surface area contributed by atoms with Crippen LogP contribution in [0.2, 0.25) is 0 Å². The average Bonchev–Trinajstić information content (AvgIpc) is 2.66. The van der Waals surface area contributed by atoms with E-state index in [1.165, 1.54) is 0 Å². The maximum absolute atomic E-state index is 12.7. The molecule has 0 bridgehead atoms. The molecular formula is C19H34N6O7. The topological polar surface area (TPSA) is 237 Å². The lowest BCUT2D eigenvalue weighted by molar-refractivity contribution is -0.143. The number of nitrogens with two attached hydrogens (primary N) is 3. The van der Waals surface area contributed by atoms with Crippen LogP contribution in [-0.4, -0.2) is 64.8 Å². The van der Waals surface area contributed by atoms with Gasteiger partial charge in [0.1, 0.15) is 18.1 Å². The Hall–Kier alpha value is -3.22. The number of aliphatic carboxylic acids is 1. The standard InChI is InChI=1S/C19H34N6O7/c1-8(2)14(22)17(29)24-11(7-13(21)27)16(28)25-15(9(3)4)18(30)23-10(19(31)32)5-6-12(20)26/h8-11,14-15H,5-7,22H2,1-4H3,(H2,20,26)(H2,21,27)(H,23,30)(H,24,29)(H,25,28)(H,31,32). The zero-order valence-electron chi connectivity index (χ0n) is 18.7. The first-order valence-corrected chi connectivity index (χ1v) is 10.1. The number of carbonyl (C=O) groups excluding carboxylic acids is 5. The molecule has 4 unspecified atom stereocenters. The Labute approximate surface area is 186 Å². The number of amides is 5. The van der Waals surface area contributed by atoms with Gasteiger partial charge >= 0.3 is 5.97 Å². The van der Waals surface area contributed by atoms with Gasteiger partial charge in [-0.3, -0.25) is 24.0 Å². The zero-order chi connectivity index (χ0) is 25.2. The van der Waals surface area contributed by atoms with Crippen LogP contribution in [0.25, 0.3) is 0 Å². The first-order chi connectivity index (χ1) is 14.7. The van der Waals surface area contributed by atoms with Crippen molar-refractivity contribution in [2.24, 2.45) is 29.0 Å². The van der Waals surface area contributed by atoms with Crippen LogP contribution >= 0.6 is 0 Å². The van der Waals surface area contributed by atoms with Crippen molar-refractivity contribution in [3.63, 3.8) is 0 Å². The molecule has 182 valence electrons. The fourth-order valence-corrected chi connectivity index (χ4v) is 2.58. The average molecular weight is 459 g/mol. The molecule has 0 heterocycles. The molecule has 0 aromatic heterocycles. The Balaban J connectivity index is 5.45. The second kappa shape index (κ2) is 13.2. The third-order valence-electron chi connectivity index (χ3n) is 4.60. The van der Waals surface area contributed by atoms with E-state index in [4.69, 9.17) is 17.2 Å². The lowest BCUT2D eigenvalue weighted by Crippen LogP contribution is -2.59. The lowest BCUT2D eigenvalue weighted by atomic mass is 10.0. The Morgan fingerprint density at radius 2 is 1.28 bits per heavy atom. The molecule has 0 rings (SSSR count). The minimum absolute atomic E-state index is 0.234. The SMILES string of the molecule is CC(C)C(N)C(=O)NC(CC(N)=O)C(=O)NC(C(=O)NC(CCC(N)=O)C(=O)O)C(C)C. The molecule has 0 saturated carbocycles. The minimum Gasteiger partial charge on any atom is -0.480 e. The summed E-state index contributed by atoms with van der Waals surface area (Å²) in [5.74, 6) is -6.09. The van der Waals surface area contributed by atoms with Gasteiger partial charge in [0.2, 0.25) is 29.5 Å². The number of primary amides is 2. The van der Waals surface area contributed by atoms with Crippen molar-refractivity contribution >= 4 is 35.5 Å². The van der Waals surface area contributed by atoms with Crippen molar-refractivity contribution in [1.29, 1.82) is 0 Å². The van der Waals surface area contributed by atoms with Crippen molar-refractivity contribution in [3.8, 4) is 0 Å². The number of hydrogen-bond acceptors (Lipinski definition) is 7. The van der Waals surface area contributed by atoms with Crippen LogP contribution in [0, 0.1) is 11.8 Å². The summed E-state index contributed by atoms with van der Waals surface area (Å²) in [7, 11) is 0. The zero-order valence-corrected chi connectivity index (χ0v) is 18.7. The van der Waals surface area contributed by atoms with Gasteiger partial charge in [0, 0.05) is 6.42 Å². The summed E-state index contributed by atoms with van der Waals surface area (Å²) in [4.78, 5) is 71.3. The van der Waals surface area contributed by atoms with Gasteiger partial charge in [-0.1, -0.05) is 27.7 Å². The number of hydrogen-bond donors (Lipinski definition) is 7. The van der Waals surface area contributed by atoms with Gasteiger partial charge in [0.15, 0.2) is 0 Å². The Kier molecular flexibility index (Phi) is 11.9. The van der Waals surface area contributed by atoms with E-state index in [1.54, 1.807) is 27.7 Å². The number of carboxylic acid groups (broad SMARTS) is 1. The van der Waals surface area contributed by atoms with Gasteiger partial charge < -0.3 is 38.3 Å². The molecule has 10 N–H and O–H groups in total. The lowest BCUT2D eigenvalue weighted by Gasteiger charge is -2.27. The number of carbonyl (C=O) groups is 6. The highest BCUT2D eigenvalue weighted by Crippen LogP contribution is 2.07. The Morgan fingerprint density at radius 3 is 1.69 bits per heavy atom. The van der Waals surface area contributed by atoms with Crippen molar-refractivity contribution in [2.45, 2.75) is 71.1 Å². The number of nitrogens with one attached hydrogen (secondary N) is 3. The van der Waals surface area contributed by atoms with Crippen LogP contribution in [0.1, 0.15) is 47.0 Å². The molecule has 0 radical (unpaired) electrons. The van der Waals surface area contributed by atoms with Crippen LogP contribution in [0.15, 0.2) is 0 Å². The van der Waals surface area contributed by atoms with Gasteiger partial charge in [0.25, 0.3) is 0 Å². The molecule has 0 fully saturated rings. The molecule has 5 amide bonds. The normalized spacial score (nSPS) is 14.7. The summed E-state index contributed by atoms with van der Waals surface area (Å²) in [6.07, 6.45) is -1.04. The molecular weight excluding hydrogens is 424 g/mol. The second-order valence-electron chi connectivity index (χ2n) is 8.14. The van der Waals surface area contributed by atoms with E-state index in [0.29, 0.717) is 0 Å². The predicted octanol–water partition coefficient (Wildman–Crippen LogP) is -2.69. The monoisotopic (exact) mass is 458 g/mol. The van der Waals surface area contributed by atoms with E-state index >= 15 is 0 Å². The summed E-state index contributed by atoms with van der Waals surface area (Å²) in [5.41, 5.74) is 15.9. The molecule has 0 saturated heterocycles. The van der Waals surface area contributed by atoms with Crippen LogP contribution < -0.4 is 33.2 Å². The van der Waals surface area contributed by atoms with Crippen molar-refractivity contribution < 1.29 is 33.9 Å². The molecule has 4 atom stereocenters. The first-order valence-electron chi connectivity index (χ1n) is 10.1. The van der Waals surface area contributed by atoms with Crippen molar-refractivity contribution in [3.05, 3.63) is 0 Å². The third kappa shape index (κ3) is 10.2. The smallest absolute Gasteiger partial charge is 0.326 e. The van der Waals surface area contributed by atoms with Crippen molar-refractivity contribution in [2.75, 3.05) is 0 Å². The summed E-state index contributed by atoms with van der Waals surface area (Å²) < 4.78 is 0. The van der Waals surface area contributed by atoms with Crippen LogP contribution in [0.3, 0.4) is 0 Å². The second-order valence-corrected chi connectivity index (χ2v) is 8.14. The highest BCUT2D eigenvalue weighted by molar-refractivity contribution is 5.96. The highest BCUT2D eigenvalue weighted by atomic mass is 16.4. The maximum Gasteiger partial charge on any atom is 0.326 e. The molecule has 0 aliphatic carbocycles. The number of rotatable bonds is 14. The summed E-state index contributed by atoms with van der Waals surface area (Å²) in [5, 5.41) is 16.3. The van der Waals surface area contributed by atoms with E-state index in [1.807, 2.05) is 0 Å². The maximum atomic E-state index is 12.7. The van der Waals surface area contributed by atoms with Crippen molar-refractivity contribution in [1.82, 2.24) is 16.0 Å². The minimum atomic E-state index is -1.40. The van der Waals surface area contributed by atoms with E-state index in [-0.39, 0.29) is 18.8 Å². The van der Waals surface area contributed by atoms with Crippen LogP contribution in [0.4, 0.5) is 0 Å². The molecule has 13 nitrogen and oxygen atoms in total. The molecule has 0 aromatic carbocycles. The van der Waals surface area contributed by atoms with Gasteiger partial charge in [-0.05, 0) is 18.3 Å². The van der Waals surface area contributed by atoms with Crippen LogP contribution in [-0.2, 0) is 28.8 Å². The fourth-order valence-electron chi connectivity index (χ4n) is 2.58. The summed E-state index contributed by atoms with van der Waals surface area (Å²) >= 11 is 0.